The van der Waals surface area contributed by atoms with Gasteiger partial charge in [0, 0.05) is 5.75 Å². The molecule has 3 heteroatoms. The predicted molar refractivity (Wildman–Crippen MR) is 96.5 cm³/mol. The van der Waals surface area contributed by atoms with Crippen molar-refractivity contribution in [2.45, 2.75) is 50.7 Å². The van der Waals surface area contributed by atoms with Gasteiger partial charge < -0.3 is 5.11 Å². The Kier molecular flexibility index (Phi) is 8.98. The fourth-order valence-electron chi connectivity index (χ4n) is 2.87. The third-order valence-electron chi connectivity index (χ3n) is 4.04. The fraction of sp³-hybridized carbons (Fsp3) is 0.526. The molecule has 0 aliphatic rings. The first-order valence-electron chi connectivity index (χ1n) is 8.03. The number of hydrogen-bond donors (Lipinski definition) is 1. The Balaban J connectivity index is 2.82. The number of benzene rings is 1. The number of carbonyl (C=O) groups is 1. The normalized spacial score (nSPS) is 13.5. The predicted octanol–water partition coefficient (Wildman–Crippen LogP) is 5.49. The van der Waals surface area contributed by atoms with Gasteiger partial charge in [0.05, 0.1) is 5.92 Å². The molecule has 1 N–H and O–H groups in total. The van der Waals surface area contributed by atoms with Crippen LogP contribution in [0.3, 0.4) is 0 Å². The Morgan fingerprint density at radius 2 is 2.00 bits per heavy atom. The maximum absolute atomic E-state index is 11.7. The topological polar surface area (TPSA) is 37.3 Å². The third kappa shape index (κ3) is 6.27. The highest BCUT2D eigenvalue weighted by Gasteiger charge is 2.23. The molecule has 2 nitrogen and oxygen atoms in total. The fourth-order valence-corrected chi connectivity index (χ4v) is 3.39. The van der Waals surface area contributed by atoms with Crippen LogP contribution in [-0.2, 0) is 10.5 Å². The Labute approximate surface area is 139 Å². The number of thioether (sulfide) groups is 1. The molecule has 0 heterocycles. The van der Waals surface area contributed by atoms with Gasteiger partial charge in [-0.15, -0.1) is 6.58 Å². The number of carboxylic acid groups (broad SMARTS) is 1. The van der Waals surface area contributed by atoms with Crippen LogP contribution in [0.4, 0.5) is 0 Å². The number of hydrogen-bond acceptors (Lipinski definition) is 2. The van der Waals surface area contributed by atoms with E-state index in [2.05, 4.69) is 31.9 Å². The molecule has 0 aliphatic heterocycles. The molecule has 2 unspecified atom stereocenters. The van der Waals surface area contributed by atoms with Crippen LogP contribution in [-0.4, -0.2) is 17.3 Å². The molecule has 0 aromatic heterocycles. The van der Waals surface area contributed by atoms with Crippen molar-refractivity contribution in [3.05, 3.63) is 48.0 Å². The zero-order chi connectivity index (χ0) is 16.4. The van der Waals surface area contributed by atoms with Gasteiger partial charge in [-0.1, -0.05) is 50.1 Å². The van der Waals surface area contributed by atoms with E-state index in [1.807, 2.05) is 18.2 Å². The van der Waals surface area contributed by atoms with Crippen molar-refractivity contribution in [3.8, 4) is 0 Å². The molecule has 1 rings (SSSR count). The zero-order valence-electron chi connectivity index (χ0n) is 13.8. The van der Waals surface area contributed by atoms with E-state index in [1.165, 1.54) is 5.56 Å². The number of allylic oxidation sites excluding steroid dienone is 1. The van der Waals surface area contributed by atoms with Crippen LogP contribution in [0.2, 0.25) is 0 Å². The quantitative estimate of drug-likeness (QED) is 0.548. The lowest BCUT2D eigenvalue weighted by Gasteiger charge is -2.21. The summed E-state index contributed by atoms with van der Waals surface area (Å²) in [6.07, 6.45) is 8.90. The van der Waals surface area contributed by atoms with Gasteiger partial charge in [0.2, 0.25) is 0 Å². The first-order valence-corrected chi connectivity index (χ1v) is 9.43. The van der Waals surface area contributed by atoms with Gasteiger partial charge in [0.15, 0.2) is 0 Å². The van der Waals surface area contributed by atoms with Crippen LogP contribution in [0.1, 0.15) is 56.1 Å². The molecule has 0 aliphatic carbocycles. The summed E-state index contributed by atoms with van der Waals surface area (Å²) >= 11 is 1.78. The summed E-state index contributed by atoms with van der Waals surface area (Å²) in [5.41, 5.74) is 2.18. The van der Waals surface area contributed by atoms with Crippen LogP contribution in [0.25, 0.3) is 0 Å². The highest BCUT2D eigenvalue weighted by atomic mass is 32.2. The minimum absolute atomic E-state index is 0.398. The molecule has 0 bridgehead atoms. The zero-order valence-corrected chi connectivity index (χ0v) is 14.6. The summed E-state index contributed by atoms with van der Waals surface area (Å²) in [4.78, 5) is 11.7. The Morgan fingerprint density at radius 1 is 1.32 bits per heavy atom. The van der Waals surface area contributed by atoms with Crippen LogP contribution in [0, 0.1) is 5.92 Å². The lowest BCUT2D eigenvalue weighted by Crippen LogP contribution is -2.16. The summed E-state index contributed by atoms with van der Waals surface area (Å²) in [5.74, 6) is 0.313. The molecule has 0 radical (unpaired) electrons. The summed E-state index contributed by atoms with van der Waals surface area (Å²) < 4.78 is 0. The van der Waals surface area contributed by atoms with E-state index in [0.29, 0.717) is 5.92 Å². The molecule has 0 fully saturated rings. The van der Waals surface area contributed by atoms with E-state index in [1.54, 1.807) is 11.8 Å². The lowest BCUT2D eigenvalue weighted by atomic mass is 9.84. The lowest BCUT2D eigenvalue weighted by molar-refractivity contribution is -0.139. The highest BCUT2D eigenvalue weighted by Crippen LogP contribution is 2.30. The molecule has 1 aromatic rings. The van der Waals surface area contributed by atoms with E-state index >= 15 is 0 Å². The SMILES string of the molecule is C=CCCC(CCC)CC(C(=O)O)c1ccc(CSC)cc1. The number of carboxylic acids is 1. The van der Waals surface area contributed by atoms with Crippen molar-refractivity contribution in [1.82, 2.24) is 0 Å². The molecule has 1 aromatic carbocycles. The van der Waals surface area contributed by atoms with E-state index in [9.17, 15) is 9.90 Å². The minimum atomic E-state index is -0.711. The summed E-state index contributed by atoms with van der Waals surface area (Å²) in [6.45, 7) is 5.93. The van der Waals surface area contributed by atoms with Crippen molar-refractivity contribution in [3.63, 3.8) is 0 Å². The van der Waals surface area contributed by atoms with Crippen LogP contribution >= 0.6 is 11.8 Å². The average Bonchev–Trinajstić information content (AvgIpc) is 2.51. The van der Waals surface area contributed by atoms with E-state index in [4.69, 9.17) is 0 Å². The molecule has 0 amide bonds. The molecular weight excluding hydrogens is 292 g/mol. The molecule has 0 saturated heterocycles. The van der Waals surface area contributed by atoms with Gasteiger partial charge in [-0.3, -0.25) is 4.79 Å². The monoisotopic (exact) mass is 320 g/mol. The average molecular weight is 320 g/mol. The van der Waals surface area contributed by atoms with E-state index < -0.39 is 11.9 Å². The molecule has 0 saturated carbocycles. The first kappa shape index (κ1) is 18.8. The maximum Gasteiger partial charge on any atom is 0.310 e. The maximum atomic E-state index is 11.7. The van der Waals surface area contributed by atoms with Crippen molar-refractivity contribution in [1.29, 1.82) is 0 Å². The van der Waals surface area contributed by atoms with Gasteiger partial charge in [0.25, 0.3) is 0 Å². The highest BCUT2D eigenvalue weighted by molar-refractivity contribution is 7.97. The summed E-state index contributed by atoms with van der Waals surface area (Å²) in [5, 5.41) is 9.62. The van der Waals surface area contributed by atoms with Crippen molar-refractivity contribution >= 4 is 17.7 Å². The molecule has 22 heavy (non-hydrogen) atoms. The second kappa shape index (κ2) is 10.5. The largest absolute Gasteiger partial charge is 0.481 e. The van der Waals surface area contributed by atoms with E-state index in [0.717, 1.165) is 43.4 Å². The third-order valence-corrected chi connectivity index (χ3v) is 4.66. The van der Waals surface area contributed by atoms with E-state index in [-0.39, 0.29) is 0 Å². The molecule has 122 valence electrons. The Bertz CT molecular complexity index is 453. The van der Waals surface area contributed by atoms with Gasteiger partial charge >= 0.3 is 5.97 Å². The van der Waals surface area contributed by atoms with Gasteiger partial charge in [0.1, 0.15) is 0 Å². The smallest absolute Gasteiger partial charge is 0.310 e. The van der Waals surface area contributed by atoms with Crippen molar-refractivity contribution in [2.24, 2.45) is 5.92 Å². The number of aliphatic carboxylic acids is 1. The Hall–Kier alpha value is -1.22. The van der Waals surface area contributed by atoms with Gasteiger partial charge in [-0.2, -0.15) is 11.8 Å². The van der Waals surface area contributed by atoms with Crippen molar-refractivity contribution < 1.29 is 9.90 Å². The van der Waals surface area contributed by atoms with Gasteiger partial charge in [-0.25, -0.2) is 0 Å². The molecule has 0 spiro atoms. The van der Waals surface area contributed by atoms with Crippen molar-refractivity contribution in [2.75, 3.05) is 6.26 Å². The number of rotatable bonds is 11. The van der Waals surface area contributed by atoms with Crippen LogP contribution in [0.5, 0.6) is 0 Å². The second-order valence-electron chi connectivity index (χ2n) is 5.82. The second-order valence-corrected chi connectivity index (χ2v) is 6.69. The van der Waals surface area contributed by atoms with Gasteiger partial charge in [-0.05, 0) is 42.6 Å². The standard InChI is InChI=1S/C19H28O2S/c1-4-6-8-15(7-5-2)13-18(19(20)21)17-11-9-16(10-12-17)14-22-3/h4,9-12,15,18H,1,5-8,13-14H2,2-3H3,(H,20,21). The molecular formula is C19H28O2S. The first-order chi connectivity index (χ1) is 10.6. The van der Waals surface area contributed by atoms with Crippen LogP contribution in [0.15, 0.2) is 36.9 Å². The summed E-state index contributed by atoms with van der Waals surface area (Å²) in [7, 11) is 0. The van der Waals surface area contributed by atoms with Crippen LogP contribution < -0.4 is 0 Å². The summed E-state index contributed by atoms with van der Waals surface area (Å²) in [6, 6.07) is 8.09. The minimum Gasteiger partial charge on any atom is -0.481 e. The Morgan fingerprint density at radius 3 is 2.50 bits per heavy atom. The molecule has 2 atom stereocenters.